The van der Waals surface area contributed by atoms with E-state index in [9.17, 15) is 4.79 Å². The molecule has 0 fully saturated rings. The molecule has 0 atom stereocenters. The van der Waals surface area contributed by atoms with Gasteiger partial charge in [-0.2, -0.15) is 0 Å². The van der Waals surface area contributed by atoms with Crippen LogP contribution in [0.25, 0.3) is 0 Å². The lowest BCUT2D eigenvalue weighted by molar-refractivity contribution is -0.115. The predicted octanol–water partition coefficient (Wildman–Crippen LogP) is 3.97. The lowest BCUT2D eigenvalue weighted by Crippen LogP contribution is -2.41. The van der Waals surface area contributed by atoms with Gasteiger partial charge in [-0.15, -0.1) is 0 Å². The molecule has 22 heavy (non-hydrogen) atoms. The molecule has 0 heterocycles. The average Bonchev–Trinajstić information content (AvgIpc) is 2.46. The summed E-state index contributed by atoms with van der Waals surface area (Å²) in [7, 11) is 0. The van der Waals surface area contributed by atoms with Crippen molar-refractivity contribution in [2.75, 3.05) is 18.5 Å². The van der Waals surface area contributed by atoms with Gasteiger partial charge < -0.3 is 15.4 Å². The van der Waals surface area contributed by atoms with Gasteiger partial charge in [-0.25, -0.2) is 0 Å². The van der Waals surface area contributed by atoms with Crippen molar-refractivity contribution in [1.29, 1.82) is 0 Å². The van der Waals surface area contributed by atoms with Crippen LogP contribution in [-0.2, 0) is 4.79 Å². The monoisotopic (exact) mass is 306 g/mol. The van der Waals surface area contributed by atoms with Crippen molar-refractivity contribution in [3.8, 4) is 5.75 Å². The lowest BCUT2D eigenvalue weighted by Gasteiger charge is -2.20. The Morgan fingerprint density at radius 3 is 2.36 bits per heavy atom. The number of anilines is 1. The Morgan fingerprint density at radius 2 is 1.77 bits per heavy atom. The highest BCUT2D eigenvalue weighted by atomic mass is 16.5. The average molecular weight is 306 g/mol. The van der Waals surface area contributed by atoms with E-state index in [1.54, 1.807) is 0 Å². The van der Waals surface area contributed by atoms with Crippen LogP contribution in [0.5, 0.6) is 5.75 Å². The molecule has 0 aromatic heterocycles. The highest BCUT2D eigenvalue weighted by Gasteiger charge is 2.11. The van der Waals surface area contributed by atoms with Gasteiger partial charge in [-0.1, -0.05) is 26.2 Å². The van der Waals surface area contributed by atoms with E-state index in [4.69, 9.17) is 4.74 Å². The second kappa shape index (κ2) is 9.46. The number of hydrogen-bond acceptors (Lipinski definition) is 3. The maximum absolute atomic E-state index is 11.8. The predicted molar refractivity (Wildman–Crippen MR) is 92.5 cm³/mol. The molecule has 0 aliphatic carbocycles. The van der Waals surface area contributed by atoms with Crippen molar-refractivity contribution in [3.05, 3.63) is 24.3 Å². The standard InChI is InChI=1S/C18H30N2O2/c1-5-6-7-8-13-22-16-11-9-15(10-12-16)20-17(21)14-19-18(2,3)4/h9-12,19H,5-8,13-14H2,1-4H3,(H,20,21). The minimum Gasteiger partial charge on any atom is -0.494 e. The molecule has 0 aliphatic heterocycles. The van der Waals surface area contributed by atoms with Crippen molar-refractivity contribution in [2.45, 2.75) is 58.9 Å². The van der Waals surface area contributed by atoms with Crippen LogP contribution in [-0.4, -0.2) is 24.6 Å². The summed E-state index contributed by atoms with van der Waals surface area (Å²) in [5.74, 6) is 0.811. The Labute approximate surface area is 134 Å². The van der Waals surface area contributed by atoms with E-state index in [0.717, 1.165) is 24.5 Å². The molecule has 1 aromatic carbocycles. The van der Waals surface area contributed by atoms with Crippen molar-refractivity contribution >= 4 is 11.6 Å². The van der Waals surface area contributed by atoms with E-state index in [-0.39, 0.29) is 11.4 Å². The number of hydrogen-bond donors (Lipinski definition) is 2. The maximum Gasteiger partial charge on any atom is 0.238 e. The molecule has 1 rings (SSSR count). The van der Waals surface area contributed by atoms with Crippen LogP contribution in [0.2, 0.25) is 0 Å². The fourth-order valence-electron chi connectivity index (χ4n) is 1.90. The molecule has 1 amide bonds. The zero-order valence-electron chi connectivity index (χ0n) is 14.4. The molecule has 0 saturated carbocycles. The van der Waals surface area contributed by atoms with Crippen LogP contribution in [0, 0.1) is 0 Å². The number of ether oxygens (including phenoxy) is 1. The van der Waals surface area contributed by atoms with Gasteiger partial charge in [0.25, 0.3) is 0 Å². The second-order valence-corrected chi connectivity index (χ2v) is 6.59. The summed E-state index contributed by atoms with van der Waals surface area (Å²) in [5.41, 5.74) is 0.728. The first-order valence-electron chi connectivity index (χ1n) is 8.18. The Morgan fingerprint density at radius 1 is 1.09 bits per heavy atom. The van der Waals surface area contributed by atoms with Crippen LogP contribution in [0.1, 0.15) is 53.4 Å². The highest BCUT2D eigenvalue weighted by Crippen LogP contribution is 2.16. The number of unbranched alkanes of at least 4 members (excludes halogenated alkanes) is 3. The normalized spacial score (nSPS) is 11.3. The third kappa shape index (κ3) is 8.67. The first-order valence-corrected chi connectivity index (χ1v) is 8.18. The quantitative estimate of drug-likeness (QED) is 0.679. The Balaban J connectivity index is 2.30. The van der Waals surface area contributed by atoms with Gasteiger partial charge in [0.1, 0.15) is 5.75 Å². The van der Waals surface area contributed by atoms with Gasteiger partial charge in [0, 0.05) is 11.2 Å². The van der Waals surface area contributed by atoms with E-state index >= 15 is 0 Å². The van der Waals surface area contributed by atoms with Crippen molar-refractivity contribution < 1.29 is 9.53 Å². The summed E-state index contributed by atoms with van der Waals surface area (Å²) in [5, 5.41) is 6.03. The Bertz CT molecular complexity index is 435. The van der Waals surface area contributed by atoms with Gasteiger partial charge in [0.2, 0.25) is 5.91 Å². The summed E-state index contributed by atoms with van der Waals surface area (Å²) in [4.78, 5) is 11.8. The van der Waals surface area contributed by atoms with E-state index in [1.165, 1.54) is 19.3 Å². The third-order valence-electron chi connectivity index (χ3n) is 3.18. The molecule has 0 unspecified atom stereocenters. The van der Waals surface area contributed by atoms with Gasteiger partial charge in [-0.3, -0.25) is 4.79 Å². The number of carbonyl (C=O) groups is 1. The molecule has 0 spiro atoms. The SMILES string of the molecule is CCCCCCOc1ccc(NC(=O)CNC(C)(C)C)cc1. The first-order chi connectivity index (χ1) is 10.4. The van der Waals surface area contributed by atoms with E-state index in [2.05, 4.69) is 17.6 Å². The summed E-state index contributed by atoms with van der Waals surface area (Å²) >= 11 is 0. The molecule has 124 valence electrons. The van der Waals surface area contributed by atoms with Gasteiger partial charge in [0.15, 0.2) is 0 Å². The Kier molecular flexibility index (Phi) is 7.96. The Hall–Kier alpha value is -1.55. The summed E-state index contributed by atoms with van der Waals surface area (Å²) in [6.45, 7) is 9.36. The molecule has 0 radical (unpaired) electrons. The fourth-order valence-corrected chi connectivity index (χ4v) is 1.90. The lowest BCUT2D eigenvalue weighted by atomic mass is 10.1. The van der Waals surface area contributed by atoms with Gasteiger partial charge in [0.05, 0.1) is 13.2 Å². The van der Waals surface area contributed by atoms with E-state index in [0.29, 0.717) is 6.54 Å². The first kappa shape index (κ1) is 18.5. The highest BCUT2D eigenvalue weighted by molar-refractivity contribution is 5.92. The molecular formula is C18H30N2O2. The molecular weight excluding hydrogens is 276 g/mol. The summed E-state index contributed by atoms with van der Waals surface area (Å²) < 4.78 is 5.68. The van der Waals surface area contributed by atoms with Crippen LogP contribution in [0.3, 0.4) is 0 Å². The molecule has 4 nitrogen and oxygen atoms in total. The number of amides is 1. The van der Waals surface area contributed by atoms with E-state index in [1.807, 2.05) is 45.0 Å². The van der Waals surface area contributed by atoms with Crippen LogP contribution >= 0.6 is 0 Å². The fraction of sp³-hybridized carbons (Fsp3) is 0.611. The largest absolute Gasteiger partial charge is 0.494 e. The number of benzene rings is 1. The summed E-state index contributed by atoms with van der Waals surface area (Å²) in [6, 6.07) is 7.53. The molecule has 2 N–H and O–H groups in total. The third-order valence-corrected chi connectivity index (χ3v) is 3.18. The number of nitrogens with one attached hydrogen (secondary N) is 2. The molecule has 4 heteroatoms. The maximum atomic E-state index is 11.8. The zero-order chi connectivity index (χ0) is 16.4. The topological polar surface area (TPSA) is 50.4 Å². The van der Waals surface area contributed by atoms with Crippen LogP contribution in [0.15, 0.2) is 24.3 Å². The van der Waals surface area contributed by atoms with Crippen LogP contribution in [0.4, 0.5) is 5.69 Å². The van der Waals surface area contributed by atoms with Crippen molar-refractivity contribution in [3.63, 3.8) is 0 Å². The smallest absolute Gasteiger partial charge is 0.238 e. The molecule has 0 bridgehead atoms. The molecule has 1 aromatic rings. The van der Waals surface area contributed by atoms with Gasteiger partial charge in [-0.05, 0) is 51.5 Å². The van der Waals surface area contributed by atoms with Crippen LogP contribution < -0.4 is 15.4 Å². The van der Waals surface area contributed by atoms with Gasteiger partial charge >= 0.3 is 0 Å². The summed E-state index contributed by atoms with van der Waals surface area (Å²) in [6.07, 6.45) is 4.80. The number of rotatable bonds is 9. The molecule has 0 saturated heterocycles. The number of carbonyl (C=O) groups excluding carboxylic acids is 1. The molecule has 0 aliphatic rings. The minimum absolute atomic E-state index is 0.0387. The van der Waals surface area contributed by atoms with Crippen molar-refractivity contribution in [1.82, 2.24) is 5.32 Å². The van der Waals surface area contributed by atoms with Crippen molar-refractivity contribution in [2.24, 2.45) is 0 Å². The zero-order valence-corrected chi connectivity index (χ0v) is 14.4. The second-order valence-electron chi connectivity index (χ2n) is 6.59. The minimum atomic E-state index is -0.0627. The van der Waals surface area contributed by atoms with E-state index < -0.39 is 0 Å².